The van der Waals surface area contributed by atoms with E-state index in [9.17, 15) is 0 Å². The molecule has 0 atom stereocenters. The lowest BCUT2D eigenvalue weighted by Crippen LogP contribution is -2.31. The maximum Gasteiger partial charge on any atom is 0.158 e. The summed E-state index contributed by atoms with van der Waals surface area (Å²) < 4.78 is 8.89. The molecule has 0 aliphatic heterocycles. The molecule has 0 amide bonds. The first-order chi connectivity index (χ1) is 11.6. The van der Waals surface area contributed by atoms with E-state index in [0.717, 1.165) is 11.2 Å². The van der Waals surface area contributed by atoms with Crippen LogP contribution in [0.15, 0.2) is 65.1 Å². The highest BCUT2D eigenvalue weighted by Crippen LogP contribution is 2.39. The highest BCUT2D eigenvalue weighted by Gasteiger charge is 2.25. The second kappa shape index (κ2) is 4.52. The number of hydrogen-bond donors (Lipinski definition) is 0. The Labute approximate surface area is 141 Å². The first-order valence-corrected chi connectivity index (χ1v) is 11.8. The van der Waals surface area contributed by atoms with Gasteiger partial charge in [-0.3, -0.25) is 0 Å². The molecule has 0 unspecified atom stereocenters. The van der Waals surface area contributed by atoms with Gasteiger partial charge in [0.05, 0.1) is 5.52 Å². The van der Waals surface area contributed by atoms with Crippen molar-refractivity contribution >= 4 is 52.0 Å². The van der Waals surface area contributed by atoms with Crippen LogP contribution >= 0.6 is 0 Å². The second-order valence-electron chi connectivity index (χ2n) is 7.46. The Balaban J connectivity index is 2.13. The summed E-state index contributed by atoms with van der Waals surface area (Å²) in [5.74, 6) is 0. The van der Waals surface area contributed by atoms with Crippen molar-refractivity contribution in [1.82, 2.24) is 4.23 Å². The molecule has 118 valence electrons. The van der Waals surface area contributed by atoms with Crippen molar-refractivity contribution in [1.29, 1.82) is 0 Å². The zero-order valence-corrected chi connectivity index (χ0v) is 15.1. The van der Waals surface area contributed by atoms with Crippen molar-refractivity contribution in [2.24, 2.45) is 0 Å². The maximum atomic E-state index is 6.33. The number of hydrogen-bond acceptors (Lipinski definition) is 1. The monoisotopic (exact) mass is 329 g/mol. The van der Waals surface area contributed by atoms with Gasteiger partial charge in [0.25, 0.3) is 0 Å². The van der Waals surface area contributed by atoms with Crippen molar-refractivity contribution < 1.29 is 4.42 Å². The minimum Gasteiger partial charge on any atom is -0.454 e. The van der Waals surface area contributed by atoms with Gasteiger partial charge in [0.1, 0.15) is 5.58 Å². The van der Waals surface area contributed by atoms with Crippen molar-refractivity contribution in [3.63, 3.8) is 0 Å². The second-order valence-corrected chi connectivity index (χ2v) is 12.2. The molecule has 24 heavy (non-hydrogen) atoms. The largest absolute Gasteiger partial charge is 0.454 e. The van der Waals surface area contributed by atoms with Gasteiger partial charge in [-0.1, -0.05) is 62.1 Å². The molecule has 2 heterocycles. The summed E-state index contributed by atoms with van der Waals surface area (Å²) in [6.45, 7) is 7.17. The predicted molar refractivity (Wildman–Crippen MR) is 105 cm³/mol. The van der Waals surface area contributed by atoms with Crippen LogP contribution in [0.4, 0.5) is 0 Å². The standard InChI is InChI=1S/C21H19NOSi/c1-24(2,3)22-18-10-6-4-8-14(18)16-12-13-17-15-9-5-7-11-19(15)23-21(17)20(16)22/h4-13H,1-3H3. The van der Waals surface area contributed by atoms with Crippen LogP contribution in [-0.4, -0.2) is 12.5 Å². The molecule has 5 aromatic rings. The number of benzene rings is 3. The van der Waals surface area contributed by atoms with E-state index in [4.69, 9.17) is 4.42 Å². The average molecular weight is 329 g/mol. The van der Waals surface area contributed by atoms with Gasteiger partial charge in [-0.2, -0.15) is 0 Å². The molecule has 5 rings (SSSR count). The van der Waals surface area contributed by atoms with Crippen molar-refractivity contribution in [3.05, 3.63) is 60.7 Å². The summed E-state index contributed by atoms with van der Waals surface area (Å²) in [7, 11) is -1.62. The first kappa shape index (κ1) is 13.9. The molecule has 0 N–H and O–H groups in total. The van der Waals surface area contributed by atoms with Crippen LogP contribution in [0, 0.1) is 0 Å². The van der Waals surface area contributed by atoms with E-state index in [1.54, 1.807) is 0 Å². The predicted octanol–water partition coefficient (Wildman–Crippen LogP) is 6.38. The molecule has 0 bridgehead atoms. The number of para-hydroxylation sites is 2. The third-order valence-electron chi connectivity index (χ3n) is 4.85. The van der Waals surface area contributed by atoms with Crippen LogP contribution in [0.1, 0.15) is 0 Å². The van der Waals surface area contributed by atoms with E-state index in [2.05, 4.69) is 78.5 Å². The summed E-state index contributed by atoms with van der Waals surface area (Å²) in [6.07, 6.45) is 0. The van der Waals surface area contributed by atoms with E-state index in [1.165, 1.54) is 32.6 Å². The zero-order valence-electron chi connectivity index (χ0n) is 14.1. The SMILES string of the molecule is C[Si](C)(C)n1c2ccccc2c2ccc3c4ccccc4oc3c21. The molecule has 0 aliphatic carbocycles. The Morgan fingerprint density at radius 3 is 2.17 bits per heavy atom. The normalized spacial score (nSPS) is 12.8. The Morgan fingerprint density at radius 2 is 1.38 bits per heavy atom. The summed E-state index contributed by atoms with van der Waals surface area (Å²) >= 11 is 0. The van der Waals surface area contributed by atoms with Gasteiger partial charge in [0, 0.05) is 27.1 Å². The lowest BCUT2D eigenvalue weighted by atomic mass is 10.1. The van der Waals surface area contributed by atoms with Gasteiger partial charge in [-0.05, 0) is 18.2 Å². The van der Waals surface area contributed by atoms with Crippen LogP contribution in [0.25, 0.3) is 43.7 Å². The number of furan rings is 1. The summed E-state index contributed by atoms with van der Waals surface area (Å²) in [4.78, 5) is 0. The number of nitrogens with zero attached hydrogens (tertiary/aromatic N) is 1. The highest BCUT2D eigenvalue weighted by molar-refractivity contribution is 6.76. The van der Waals surface area contributed by atoms with E-state index in [0.29, 0.717) is 0 Å². The van der Waals surface area contributed by atoms with Crippen molar-refractivity contribution in [2.45, 2.75) is 19.6 Å². The van der Waals surface area contributed by atoms with Crippen LogP contribution in [0.2, 0.25) is 19.6 Å². The van der Waals surface area contributed by atoms with Crippen LogP contribution in [-0.2, 0) is 0 Å². The fourth-order valence-corrected chi connectivity index (χ4v) is 5.74. The molecule has 0 radical (unpaired) electrons. The quantitative estimate of drug-likeness (QED) is 0.326. The Morgan fingerprint density at radius 1 is 0.708 bits per heavy atom. The van der Waals surface area contributed by atoms with Crippen molar-refractivity contribution in [2.75, 3.05) is 0 Å². The lowest BCUT2D eigenvalue weighted by Gasteiger charge is -2.21. The van der Waals surface area contributed by atoms with Gasteiger partial charge in [-0.25, -0.2) is 0 Å². The minimum atomic E-state index is -1.62. The zero-order chi connectivity index (χ0) is 16.5. The number of aromatic nitrogens is 1. The lowest BCUT2D eigenvalue weighted by molar-refractivity contribution is 0.671. The Bertz CT molecular complexity index is 1240. The number of fused-ring (bicyclic) bond motifs is 7. The molecule has 0 fully saturated rings. The molecule has 3 heteroatoms. The van der Waals surface area contributed by atoms with E-state index < -0.39 is 8.24 Å². The molecule has 0 spiro atoms. The Kier molecular flexibility index (Phi) is 2.61. The molecular weight excluding hydrogens is 310 g/mol. The highest BCUT2D eigenvalue weighted by atomic mass is 28.3. The molecule has 2 nitrogen and oxygen atoms in total. The molecular formula is C21H19NOSi. The Hall–Kier alpha value is -2.52. The van der Waals surface area contributed by atoms with Crippen molar-refractivity contribution in [3.8, 4) is 0 Å². The van der Waals surface area contributed by atoms with E-state index >= 15 is 0 Å². The van der Waals surface area contributed by atoms with Crippen LogP contribution in [0.3, 0.4) is 0 Å². The van der Waals surface area contributed by atoms with Crippen LogP contribution in [0.5, 0.6) is 0 Å². The average Bonchev–Trinajstić information content (AvgIpc) is 3.10. The molecule has 0 aliphatic rings. The van der Waals surface area contributed by atoms with E-state index in [-0.39, 0.29) is 0 Å². The van der Waals surface area contributed by atoms with E-state index in [1.807, 2.05) is 6.07 Å². The molecule has 0 saturated carbocycles. The summed E-state index contributed by atoms with van der Waals surface area (Å²) in [5.41, 5.74) is 4.56. The van der Waals surface area contributed by atoms with Gasteiger partial charge in [-0.15, -0.1) is 0 Å². The maximum absolute atomic E-state index is 6.33. The first-order valence-electron chi connectivity index (χ1n) is 8.39. The van der Waals surface area contributed by atoms with Gasteiger partial charge in [0.15, 0.2) is 13.8 Å². The minimum absolute atomic E-state index is 0.965. The molecule has 3 aromatic carbocycles. The third kappa shape index (κ3) is 1.70. The van der Waals surface area contributed by atoms with Gasteiger partial charge < -0.3 is 8.65 Å². The smallest absolute Gasteiger partial charge is 0.158 e. The number of rotatable bonds is 1. The summed E-state index contributed by atoms with van der Waals surface area (Å²) in [5, 5.41) is 5.01. The third-order valence-corrected chi connectivity index (χ3v) is 6.66. The van der Waals surface area contributed by atoms with Gasteiger partial charge >= 0.3 is 0 Å². The molecule has 0 saturated heterocycles. The van der Waals surface area contributed by atoms with Gasteiger partial charge in [0.2, 0.25) is 0 Å². The fourth-order valence-electron chi connectivity index (χ4n) is 3.93. The fraction of sp³-hybridized carbons (Fsp3) is 0.143. The molecule has 2 aromatic heterocycles. The topological polar surface area (TPSA) is 18.1 Å². The summed E-state index contributed by atoms with van der Waals surface area (Å²) in [6, 6.07) is 21.5. The van der Waals surface area contributed by atoms with Crippen LogP contribution < -0.4 is 0 Å².